The van der Waals surface area contributed by atoms with E-state index in [0.717, 1.165) is 5.56 Å². The monoisotopic (exact) mass is 267 g/mol. The Morgan fingerprint density at radius 3 is 2.76 bits per heavy atom. The van der Waals surface area contributed by atoms with E-state index in [1.165, 1.54) is 11.3 Å². The lowest BCUT2D eigenvalue weighted by atomic mass is 10.3. The maximum atomic E-state index is 11.7. The maximum Gasteiger partial charge on any atom is 0.411 e. The summed E-state index contributed by atoms with van der Waals surface area (Å²) in [6.45, 7) is 0.411. The summed E-state index contributed by atoms with van der Waals surface area (Å²) in [4.78, 5) is 12.1. The molecule has 0 saturated heterocycles. The fourth-order valence-corrected chi connectivity index (χ4v) is 1.95. The van der Waals surface area contributed by atoms with Crippen LogP contribution in [0.5, 0.6) is 0 Å². The first-order chi connectivity index (χ1) is 7.90. The fourth-order valence-electron chi connectivity index (χ4n) is 1.11. The van der Waals surface area contributed by atoms with Crippen molar-refractivity contribution >= 4 is 17.2 Å². The molecule has 96 valence electrons. The number of thiophene rings is 1. The molecule has 1 aromatic heterocycles. The number of alkyl halides is 3. The summed E-state index contributed by atoms with van der Waals surface area (Å²) >= 11 is 1.29. The third-order valence-corrected chi connectivity index (χ3v) is 2.88. The number of carbonyl (C=O) groups excluding carboxylic acids is 1. The van der Waals surface area contributed by atoms with Crippen molar-refractivity contribution in [1.82, 2.24) is 5.32 Å². The largest absolute Gasteiger partial charge is 0.411 e. The minimum absolute atomic E-state index is 0.0618. The predicted octanol–water partition coefficient (Wildman–Crippen LogP) is 2.37. The molecule has 1 heterocycles. The van der Waals surface area contributed by atoms with Crippen molar-refractivity contribution in [3.63, 3.8) is 0 Å². The van der Waals surface area contributed by atoms with Gasteiger partial charge in [0, 0.05) is 6.54 Å². The van der Waals surface area contributed by atoms with Crippen LogP contribution in [-0.2, 0) is 4.74 Å². The molecule has 0 atom stereocenters. The summed E-state index contributed by atoms with van der Waals surface area (Å²) in [7, 11) is 0. The van der Waals surface area contributed by atoms with Gasteiger partial charge in [-0.25, -0.2) is 0 Å². The highest BCUT2D eigenvalue weighted by atomic mass is 32.1. The third-order valence-electron chi connectivity index (χ3n) is 1.87. The van der Waals surface area contributed by atoms with Gasteiger partial charge in [-0.05, 0) is 23.9 Å². The zero-order valence-electron chi connectivity index (χ0n) is 9.13. The van der Waals surface area contributed by atoms with Gasteiger partial charge >= 0.3 is 6.18 Å². The molecule has 1 N–H and O–H groups in total. The van der Waals surface area contributed by atoms with Gasteiger partial charge in [0.15, 0.2) is 0 Å². The summed E-state index contributed by atoms with van der Waals surface area (Å²) in [6, 6.07) is 1.81. The molecule has 3 nitrogen and oxygen atoms in total. The van der Waals surface area contributed by atoms with Crippen LogP contribution in [-0.4, -0.2) is 31.8 Å². The van der Waals surface area contributed by atoms with Crippen LogP contribution in [0.4, 0.5) is 13.2 Å². The predicted molar refractivity (Wildman–Crippen MR) is 58.3 cm³/mol. The molecule has 17 heavy (non-hydrogen) atoms. The molecule has 0 aromatic carbocycles. The minimum Gasteiger partial charge on any atom is -0.370 e. The molecule has 0 fully saturated rings. The van der Waals surface area contributed by atoms with E-state index in [9.17, 15) is 18.0 Å². The number of ether oxygens (including phenoxy) is 1. The van der Waals surface area contributed by atoms with Gasteiger partial charge in [0.2, 0.25) is 0 Å². The molecule has 0 bridgehead atoms. The van der Waals surface area contributed by atoms with E-state index in [-0.39, 0.29) is 19.1 Å². The Morgan fingerprint density at radius 2 is 2.24 bits per heavy atom. The van der Waals surface area contributed by atoms with Gasteiger partial charge in [-0.15, -0.1) is 11.3 Å². The molecule has 1 amide bonds. The number of hydrogen-bond donors (Lipinski definition) is 1. The lowest BCUT2D eigenvalue weighted by Crippen LogP contribution is -2.28. The number of nitrogens with one attached hydrogen (secondary N) is 1. The molecule has 0 spiro atoms. The summed E-state index contributed by atoms with van der Waals surface area (Å²) < 4.78 is 39.5. The fraction of sp³-hybridized carbons (Fsp3) is 0.500. The van der Waals surface area contributed by atoms with Crippen molar-refractivity contribution in [2.45, 2.75) is 13.1 Å². The molecule has 0 unspecified atom stereocenters. The second-order valence-corrected chi connectivity index (χ2v) is 4.27. The van der Waals surface area contributed by atoms with Crippen molar-refractivity contribution in [1.29, 1.82) is 0 Å². The van der Waals surface area contributed by atoms with Crippen LogP contribution in [0.2, 0.25) is 0 Å². The van der Waals surface area contributed by atoms with E-state index in [2.05, 4.69) is 10.1 Å². The van der Waals surface area contributed by atoms with Crippen molar-refractivity contribution in [3.05, 3.63) is 21.9 Å². The highest BCUT2D eigenvalue weighted by Crippen LogP contribution is 2.15. The normalized spacial score (nSPS) is 11.5. The van der Waals surface area contributed by atoms with Gasteiger partial charge in [0.25, 0.3) is 5.91 Å². The van der Waals surface area contributed by atoms with Gasteiger partial charge in [0.1, 0.15) is 6.61 Å². The standard InChI is InChI=1S/C10H12F3NO2S/c1-7-2-5-17-8(7)9(15)14-3-4-16-6-10(11,12)13/h2,5H,3-4,6H2,1H3,(H,14,15). The zero-order valence-corrected chi connectivity index (χ0v) is 9.95. The number of rotatable bonds is 5. The Labute approximate surface area is 101 Å². The highest BCUT2D eigenvalue weighted by molar-refractivity contribution is 7.12. The van der Waals surface area contributed by atoms with E-state index in [1.54, 1.807) is 18.4 Å². The number of amides is 1. The van der Waals surface area contributed by atoms with Crippen molar-refractivity contribution < 1.29 is 22.7 Å². The van der Waals surface area contributed by atoms with Crippen LogP contribution < -0.4 is 5.32 Å². The lowest BCUT2D eigenvalue weighted by Gasteiger charge is -2.08. The maximum absolute atomic E-state index is 11.7. The summed E-state index contributed by atoms with van der Waals surface area (Å²) in [5.74, 6) is -0.284. The lowest BCUT2D eigenvalue weighted by molar-refractivity contribution is -0.173. The highest BCUT2D eigenvalue weighted by Gasteiger charge is 2.27. The Morgan fingerprint density at radius 1 is 1.53 bits per heavy atom. The molecule has 0 aliphatic rings. The average molecular weight is 267 g/mol. The van der Waals surface area contributed by atoms with E-state index < -0.39 is 12.8 Å². The molecule has 1 rings (SSSR count). The van der Waals surface area contributed by atoms with Crippen LogP contribution in [0.15, 0.2) is 11.4 Å². The van der Waals surface area contributed by atoms with Crippen molar-refractivity contribution in [2.75, 3.05) is 19.8 Å². The summed E-state index contributed by atoms with van der Waals surface area (Å²) in [5.41, 5.74) is 0.851. The zero-order chi connectivity index (χ0) is 12.9. The van der Waals surface area contributed by atoms with Crippen LogP contribution in [0.1, 0.15) is 15.2 Å². The molecule has 0 radical (unpaired) electrons. The Balaban J connectivity index is 2.20. The van der Waals surface area contributed by atoms with Crippen LogP contribution in [0, 0.1) is 6.92 Å². The summed E-state index contributed by atoms with van der Waals surface area (Å²) in [6.07, 6.45) is -4.33. The Bertz CT molecular complexity index is 376. The summed E-state index contributed by atoms with van der Waals surface area (Å²) in [5, 5.41) is 4.27. The molecule has 1 aromatic rings. The first-order valence-corrected chi connectivity index (χ1v) is 5.75. The van der Waals surface area contributed by atoms with Gasteiger partial charge < -0.3 is 10.1 Å². The quantitative estimate of drug-likeness (QED) is 0.832. The van der Waals surface area contributed by atoms with Crippen molar-refractivity contribution in [2.24, 2.45) is 0 Å². The number of halogens is 3. The molecular formula is C10H12F3NO2S. The second-order valence-electron chi connectivity index (χ2n) is 3.36. The first-order valence-electron chi connectivity index (χ1n) is 4.87. The smallest absolute Gasteiger partial charge is 0.370 e. The number of aryl methyl sites for hydroxylation is 1. The van der Waals surface area contributed by atoms with Crippen LogP contribution in [0.25, 0.3) is 0 Å². The Kier molecular flexibility index (Phi) is 4.95. The van der Waals surface area contributed by atoms with Crippen LogP contribution >= 0.6 is 11.3 Å². The molecule has 0 aliphatic heterocycles. The molecular weight excluding hydrogens is 255 g/mol. The average Bonchev–Trinajstić information content (AvgIpc) is 2.62. The molecule has 7 heteroatoms. The number of hydrogen-bond acceptors (Lipinski definition) is 3. The van der Waals surface area contributed by atoms with E-state index in [4.69, 9.17) is 0 Å². The van der Waals surface area contributed by atoms with Gasteiger partial charge in [-0.2, -0.15) is 13.2 Å². The van der Waals surface area contributed by atoms with E-state index in [1.807, 2.05) is 0 Å². The topological polar surface area (TPSA) is 38.3 Å². The van der Waals surface area contributed by atoms with Gasteiger partial charge in [-0.1, -0.05) is 0 Å². The first kappa shape index (κ1) is 14.0. The van der Waals surface area contributed by atoms with Gasteiger partial charge in [0.05, 0.1) is 11.5 Å². The van der Waals surface area contributed by atoms with E-state index in [0.29, 0.717) is 4.88 Å². The molecule has 0 aliphatic carbocycles. The minimum atomic E-state index is -4.33. The second kappa shape index (κ2) is 6.02. The Hall–Kier alpha value is -1.08. The van der Waals surface area contributed by atoms with E-state index >= 15 is 0 Å². The van der Waals surface area contributed by atoms with Crippen LogP contribution in [0.3, 0.4) is 0 Å². The van der Waals surface area contributed by atoms with Gasteiger partial charge in [-0.3, -0.25) is 4.79 Å². The SMILES string of the molecule is Cc1ccsc1C(=O)NCCOCC(F)(F)F. The third kappa shape index (κ3) is 5.18. The number of carbonyl (C=O) groups is 1. The molecule has 0 saturated carbocycles. The van der Waals surface area contributed by atoms with Crippen molar-refractivity contribution in [3.8, 4) is 0 Å².